The predicted octanol–water partition coefficient (Wildman–Crippen LogP) is 5.13. The monoisotopic (exact) mass is 319 g/mol. The maximum Gasteiger partial charge on any atom is 0.0958 e. The fraction of sp³-hybridized carbons (Fsp3) is 0.474. The summed E-state index contributed by atoms with van der Waals surface area (Å²) in [7, 11) is 0. The van der Waals surface area contributed by atoms with Crippen molar-refractivity contribution in [1.82, 2.24) is 0 Å². The zero-order valence-electron chi connectivity index (χ0n) is 14.3. The summed E-state index contributed by atoms with van der Waals surface area (Å²) in [6.45, 7) is 13.6. The summed E-state index contributed by atoms with van der Waals surface area (Å²) < 4.78 is 5.72. The first kappa shape index (κ1) is 18.9. The number of hydrogen-bond donors (Lipinski definition) is 1. The Morgan fingerprint density at radius 1 is 1.50 bits per heavy atom. The van der Waals surface area contributed by atoms with Crippen LogP contribution in [0.3, 0.4) is 0 Å². The van der Waals surface area contributed by atoms with E-state index in [0.717, 1.165) is 18.6 Å². The third-order valence-corrected chi connectivity index (χ3v) is 4.59. The lowest BCUT2D eigenvalue weighted by molar-refractivity contribution is 0.0498. The molecule has 1 aromatic rings. The van der Waals surface area contributed by atoms with E-state index >= 15 is 0 Å². The average molecular weight is 320 g/mol. The molecule has 2 rings (SSSR count). The lowest BCUT2D eigenvalue weighted by Gasteiger charge is -2.21. The zero-order valence-corrected chi connectivity index (χ0v) is 15.1. The molecule has 1 aliphatic rings. The van der Waals surface area contributed by atoms with Crippen LogP contribution in [0, 0.1) is 5.92 Å². The number of fused-ring (bicyclic) bond motifs is 1. The first-order valence-electron chi connectivity index (χ1n) is 8.11. The molecule has 0 saturated carbocycles. The average Bonchev–Trinajstić information content (AvgIpc) is 2.97. The van der Waals surface area contributed by atoms with Gasteiger partial charge in [0, 0.05) is 22.7 Å². The first-order valence-corrected chi connectivity index (χ1v) is 8.93. The van der Waals surface area contributed by atoms with E-state index in [1.165, 1.54) is 15.3 Å². The van der Waals surface area contributed by atoms with E-state index < -0.39 is 0 Å². The summed E-state index contributed by atoms with van der Waals surface area (Å²) >= 11 is 1.84. The molecule has 0 aromatic carbocycles. The number of rotatable bonds is 5. The minimum atomic E-state index is 0.0565. The second-order valence-electron chi connectivity index (χ2n) is 5.29. The highest BCUT2D eigenvalue weighted by molar-refractivity contribution is 7.13. The van der Waals surface area contributed by atoms with Gasteiger partial charge in [-0.25, -0.2) is 0 Å². The molecular formula is C19H29NOS. The maximum atomic E-state index is 5.78. The SMILES string of the molecule is C=C/C(=C\C=C/C(C)C)c1cc2c(s1)CCOC2CN.CC. The molecule has 1 aromatic heterocycles. The molecule has 0 aliphatic carbocycles. The third-order valence-electron chi connectivity index (χ3n) is 3.33. The first-order chi connectivity index (χ1) is 10.7. The number of allylic oxidation sites excluding steroid dienone is 5. The molecule has 2 nitrogen and oxygen atoms in total. The predicted molar refractivity (Wildman–Crippen MR) is 99.3 cm³/mol. The summed E-state index contributed by atoms with van der Waals surface area (Å²) in [5.41, 5.74) is 8.21. The number of nitrogens with two attached hydrogens (primary N) is 1. The summed E-state index contributed by atoms with van der Waals surface area (Å²) in [5, 5.41) is 0. The zero-order chi connectivity index (χ0) is 16.5. The van der Waals surface area contributed by atoms with Gasteiger partial charge in [-0.15, -0.1) is 11.3 Å². The molecule has 0 amide bonds. The van der Waals surface area contributed by atoms with Gasteiger partial charge in [0.1, 0.15) is 0 Å². The van der Waals surface area contributed by atoms with E-state index in [4.69, 9.17) is 10.5 Å². The Hall–Kier alpha value is -1.16. The van der Waals surface area contributed by atoms with Crippen molar-refractivity contribution in [2.75, 3.05) is 13.2 Å². The third kappa shape index (κ3) is 4.94. The molecule has 122 valence electrons. The van der Waals surface area contributed by atoms with Gasteiger partial charge < -0.3 is 10.5 Å². The van der Waals surface area contributed by atoms with Gasteiger partial charge in [0.2, 0.25) is 0 Å². The molecule has 0 spiro atoms. The molecule has 0 saturated heterocycles. The summed E-state index contributed by atoms with van der Waals surface area (Å²) in [4.78, 5) is 2.66. The lowest BCUT2D eigenvalue weighted by Crippen LogP contribution is -2.21. The summed E-state index contributed by atoms with van der Waals surface area (Å²) in [6, 6.07) is 2.22. The number of hydrogen-bond acceptors (Lipinski definition) is 3. The van der Waals surface area contributed by atoms with Gasteiger partial charge in [0.25, 0.3) is 0 Å². The van der Waals surface area contributed by atoms with Crippen molar-refractivity contribution < 1.29 is 4.74 Å². The van der Waals surface area contributed by atoms with Gasteiger partial charge >= 0.3 is 0 Å². The van der Waals surface area contributed by atoms with E-state index in [1.54, 1.807) is 0 Å². The Labute approximate surface area is 139 Å². The van der Waals surface area contributed by atoms with Gasteiger partial charge in [-0.1, -0.05) is 58.6 Å². The molecule has 3 heteroatoms. The minimum absolute atomic E-state index is 0.0565. The van der Waals surface area contributed by atoms with Crippen LogP contribution in [0.25, 0.3) is 5.57 Å². The highest BCUT2D eigenvalue weighted by Crippen LogP contribution is 2.36. The van der Waals surface area contributed by atoms with Gasteiger partial charge in [0.05, 0.1) is 12.7 Å². The molecule has 2 heterocycles. The van der Waals surface area contributed by atoms with Crippen molar-refractivity contribution in [3.05, 3.63) is 52.3 Å². The van der Waals surface area contributed by atoms with Crippen molar-refractivity contribution >= 4 is 16.9 Å². The standard InChI is InChI=1S/C17H23NOS.C2H6/c1-4-13(7-5-6-12(2)3)17-10-14-15(11-18)19-9-8-16(14)20-17;1-2/h4-7,10,12,15H,1,8-9,11,18H2,2-3H3;1-2H3/b6-5-,13-7+;. The smallest absolute Gasteiger partial charge is 0.0958 e. The van der Waals surface area contributed by atoms with Gasteiger partial charge in [0.15, 0.2) is 0 Å². The van der Waals surface area contributed by atoms with Crippen molar-refractivity contribution in [2.24, 2.45) is 11.7 Å². The second kappa shape index (κ2) is 9.78. The Balaban J connectivity index is 0.00000116. The Kier molecular flexibility index (Phi) is 8.39. The Morgan fingerprint density at radius 2 is 2.23 bits per heavy atom. The van der Waals surface area contributed by atoms with E-state index in [-0.39, 0.29) is 6.10 Å². The highest BCUT2D eigenvalue weighted by Gasteiger charge is 2.22. The van der Waals surface area contributed by atoms with E-state index in [2.05, 4.69) is 44.7 Å². The van der Waals surface area contributed by atoms with Crippen molar-refractivity contribution in [3.8, 4) is 0 Å². The van der Waals surface area contributed by atoms with Crippen LogP contribution >= 0.6 is 11.3 Å². The normalized spacial score (nSPS) is 18.1. The molecule has 1 atom stereocenters. The molecule has 22 heavy (non-hydrogen) atoms. The topological polar surface area (TPSA) is 35.2 Å². The van der Waals surface area contributed by atoms with Crippen LogP contribution in [0.5, 0.6) is 0 Å². The summed E-state index contributed by atoms with van der Waals surface area (Å²) in [5.74, 6) is 0.559. The van der Waals surface area contributed by atoms with Crippen LogP contribution in [0.1, 0.15) is 49.1 Å². The fourth-order valence-corrected chi connectivity index (χ4v) is 3.48. The minimum Gasteiger partial charge on any atom is -0.372 e. The van der Waals surface area contributed by atoms with Gasteiger partial charge in [-0.2, -0.15) is 0 Å². The molecule has 0 bridgehead atoms. The van der Waals surface area contributed by atoms with E-state index in [0.29, 0.717) is 12.5 Å². The van der Waals surface area contributed by atoms with Gasteiger partial charge in [-0.05, 0) is 23.1 Å². The number of thiophene rings is 1. The highest BCUT2D eigenvalue weighted by atomic mass is 32.1. The van der Waals surface area contributed by atoms with Crippen LogP contribution in [-0.2, 0) is 11.2 Å². The quantitative estimate of drug-likeness (QED) is 0.764. The summed E-state index contributed by atoms with van der Waals surface area (Å²) in [6.07, 6.45) is 9.38. The Morgan fingerprint density at radius 3 is 2.82 bits per heavy atom. The fourth-order valence-electron chi connectivity index (χ4n) is 2.26. The molecule has 0 fully saturated rings. The van der Waals surface area contributed by atoms with Crippen LogP contribution in [0.15, 0.2) is 36.9 Å². The van der Waals surface area contributed by atoms with Crippen LogP contribution < -0.4 is 5.73 Å². The molecule has 2 N–H and O–H groups in total. The maximum absolute atomic E-state index is 5.78. The number of ether oxygens (including phenoxy) is 1. The van der Waals surface area contributed by atoms with E-state index in [9.17, 15) is 0 Å². The Bertz CT molecular complexity index is 526. The van der Waals surface area contributed by atoms with Crippen LogP contribution in [-0.4, -0.2) is 13.2 Å². The molecule has 1 unspecified atom stereocenters. The van der Waals surface area contributed by atoms with Gasteiger partial charge in [-0.3, -0.25) is 0 Å². The van der Waals surface area contributed by atoms with Crippen LogP contribution in [0.4, 0.5) is 0 Å². The largest absolute Gasteiger partial charge is 0.372 e. The van der Waals surface area contributed by atoms with Crippen molar-refractivity contribution in [1.29, 1.82) is 0 Å². The molecular weight excluding hydrogens is 290 g/mol. The lowest BCUT2D eigenvalue weighted by atomic mass is 10.0. The van der Waals surface area contributed by atoms with Crippen LogP contribution in [0.2, 0.25) is 0 Å². The second-order valence-corrected chi connectivity index (χ2v) is 6.43. The van der Waals surface area contributed by atoms with Crippen molar-refractivity contribution in [2.45, 2.75) is 40.2 Å². The molecule has 1 aliphatic heterocycles. The van der Waals surface area contributed by atoms with Crippen molar-refractivity contribution in [3.63, 3.8) is 0 Å². The molecule has 0 radical (unpaired) electrons. The van der Waals surface area contributed by atoms with E-state index in [1.807, 2.05) is 31.3 Å².